The second-order valence-electron chi connectivity index (χ2n) is 4.48. The van der Waals surface area contributed by atoms with Crippen LogP contribution in [-0.2, 0) is 10.0 Å². The lowest BCUT2D eigenvalue weighted by molar-refractivity contribution is 0.473. The number of benzene rings is 2. The van der Waals surface area contributed by atoms with Crippen LogP contribution in [0.3, 0.4) is 0 Å². The Morgan fingerprint density at radius 1 is 1.00 bits per heavy atom. The summed E-state index contributed by atoms with van der Waals surface area (Å²) in [4.78, 5) is 0.254. The molecule has 0 radical (unpaired) electrons. The summed E-state index contributed by atoms with van der Waals surface area (Å²) in [5.74, 6) is 0.519. The molecule has 3 rings (SSSR count). The number of ether oxygens (including phenoxy) is 1. The molecule has 0 saturated carbocycles. The van der Waals surface area contributed by atoms with Crippen LogP contribution in [0.4, 0.5) is 5.69 Å². The molecule has 1 aliphatic heterocycles. The maximum absolute atomic E-state index is 12.7. The fourth-order valence-electron chi connectivity index (χ4n) is 2.01. The minimum atomic E-state index is -3.63. The van der Waals surface area contributed by atoms with Crippen LogP contribution >= 0.6 is 0 Å². The molecular weight excluding hydrogens is 274 g/mol. The SMILES string of the molecule is Cc1ccc(S(=O)(=O)N2C=COc3ccccc32)cc1. The zero-order valence-corrected chi connectivity index (χ0v) is 11.7. The quantitative estimate of drug-likeness (QED) is 0.853. The largest absolute Gasteiger partial charge is 0.461 e. The fraction of sp³-hybridized carbons (Fsp3) is 0.0667. The molecule has 4 nitrogen and oxygen atoms in total. The highest BCUT2D eigenvalue weighted by Crippen LogP contribution is 2.35. The predicted octanol–water partition coefficient (Wildman–Crippen LogP) is 3.05. The smallest absolute Gasteiger partial charge is 0.268 e. The molecule has 0 fully saturated rings. The molecule has 102 valence electrons. The van der Waals surface area contributed by atoms with E-state index >= 15 is 0 Å². The Morgan fingerprint density at radius 2 is 1.70 bits per heavy atom. The van der Waals surface area contributed by atoms with Gasteiger partial charge in [0, 0.05) is 0 Å². The molecule has 2 aromatic carbocycles. The summed E-state index contributed by atoms with van der Waals surface area (Å²) in [5.41, 5.74) is 1.53. The fourth-order valence-corrected chi connectivity index (χ4v) is 3.34. The molecule has 0 saturated heterocycles. The molecule has 0 bridgehead atoms. The highest BCUT2D eigenvalue weighted by molar-refractivity contribution is 7.93. The number of hydrogen-bond donors (Lipinski definition) is 0. The van der Waals surface area contributed by atoms with Crippen LogP contribution < -0.4 is 9.04 Å². The van der Waals surface area contributed by atoms with Crippen LogP contribution in [0.2, 0.25) is 0 Å². The van der Waals surface area contributed by atoms with Gasteiger partial charge >= 0.3 is 0 Å². The van der Waals surface area contributed by atoms with Gasteiger partial charge in [0.05, 0.1) is 16.8 Å². The van der Waals surface area contributed by atoms with Crippen LogP contribution in [0.25, 0.3) is 0 Å². The highest BCUT2D eigenvalue weighted by Gasteiger charge is 2.27. The van der Waals surface area contributed by atoms with Gasteiger partial charge < -0.3 is 4.74 Å². The molecule has 0 spiro atoms. The van der Waals surface area contributed by atoms with Gasteiger partial charge in [0.2, 0.25) is 0 Å². The van der Waals surface area contributed by atoms with Gasteiger partial charge in [0.25, 0.3) is 10.0 Å². The minimum Gasteiger partial charge on any atom is -0.461 e. The lowest BCUT2D eigenvalue weighted by atomic mass is 10.2. The Hall–Kier alpha value is -2.27. The number of hydrogen-bond acceptors (Lipinski definition) is 3. The average Bonchev–Trinajstić information content (AvgIpc) is 2.47. The molecule has 0 N–H and O–H groups in total. The first-order valence-corrected chi connectivity index (χ1v) is 7.56. The summed E-state index contributed by atoms with van der Waals surface area (Å²) in [5, 5.41) is 0. The lowest BCUT2D eigenvalue weighted by Crippen LogP contribution is -2.27. The predicted molar refractivity (Wildman–Crippen MR) is 77.1 cm³/mol. The van der Waals surface area contributed by atoms with E-state index in [4.69, 9.17) is 4.74 Å². The van der Waals surface area contributed by atoms with E-state index in [2.05, 4.69) is 0 Å². The molecule has 1 heterocycles. The van der Waals surface area contributed by atoms with E-state index in [1.807, 2.05) is 6.92 Å². The van der Waals surface area contributed by atoms with Gasteiger partial charge in [0.15, 0.2) is 5.75 Å². The van der Waals surface area contributed by atoms with Gasteiger partial charge in [-0.2, -0.15) is 0 Å². The van der Waals surface area contributed by atoms with Crippen molar-refractivity contribution in [3.63, 3.8) is 0 Å². The first-order chi connectivity index (χ1) is 9.59. The number of fused-ring (bicyclic) bond motifs is 1. The van der Waals surface area contributed by atoms with Gasteiger partial charge in [-0.05, 0) is 31.2 Å². The second kappa shape index (κ2) is 4.68. The Balaban J connectivity index is 2.10. The number of sulfonamides is 1. The topological polar surface area (TPSA) is 46.6 Å². The van der Waals surface area contributed by atoms with Crippen molar-refractivity contribution in [3.8, 4) is 5.75 Å². The molecule has 5 heteroatoms. The molecule has 1 aliphatic rings. The van der Waals surface area contributed by atoms with Crippen molar-refractivity contribution < 1.29 is 13.2 Å². The summed E-state index contributed by atoms with van der Waals surface area (Å²) in [7, 11) is -3.63. The maximum Gasteiger partial charge on any atom is 0.268 e. The van der Waals surface area contributed by atoms with Crippen LogP contribution in [0.15, 0.2) is 65.9 Å². The van der Waals surface area contributed by atoms with Gasteiger partial charge in [0.1, 0.15) is 6.26 Å². The highest BCUT2D eigenvalue weighted by atomic mass is 32.2. The zero-order valence-electron chi connectivity index (χ0n) is 10.9. The zero-order chi connectivity index (χ0) is 14.2. The van der Waals surface area contributed by atoms with Crippen molar-refractivity contribution in [2.24, 2.45) is 0 Å². The number of rotatable bonds is 2. The van der Waals surface area contributed by atoms with Gasteiger partial charge in [-0.15, -0.1) is 0 Å². The Labute approximate surface area is 118 Å². The monoisotopic (exact) mass is 287 g/mol. The molecular formula is C15H13NO3S. The van der Waals surface area contributed by atoms with E-state index in [9.17, 15) is 8.42 Å². The van der Waals surface area contributed by atoms with E-state index < -0.39 is 10.0 Å². The van der Waals surface area contributed by atoms with Crippen molar-refractivity contribution in [1.29, 1.82) is 0 Å². The van der Waals surface area contributed by atoms with Gasteiger partial charge in [-0.1, -0.05) is 29.8 Å². The van der Waals surface area contributed by atoms with Crippen LogP contribution in [-0.4, -0.2) is 8.42 Å². The van der Waals surface area contributed by atoms with Crippen LogP contribution in [0.5, 0.6) is 5.75 Å². The normalized spacial score (nSPS) is 13.8. The molecule has 0 amide bonds. The standard InChI is InChI=1S/C15H13NO3S/c1-12-6-8-13(9-7-12)20(17,18)16-10-11-19-15-5-3-2-4-14(15)16/h2-11H,1H3. The number of anilines is 1. The number of para-hydroxylation sites is 2. The second-order valence-corrected chi connectivity index (χ2v) is 6.30. The molecule has 0 unspecified atom stereocenters. The van der Waals surface area contributed by atoms with E-state index in [1.54, 1.807) is 48.5 Å². The molecule has 0 atom stereocenters. The van der Waals surface area contributed by atoms with E-state index in [-0.39, 0.29) is 4.90 Å². The third-order valence-electron chi connectivity index (χ3n) is 3.07. The third-order valence-corrected chi connectivity index (χ3v) is 4.78. The number of aryl methyl sites for hydroxylation is 1. The van der Waals surface area contributed by atoms with Gasteiger partial charge in [-0.25, -0.2) is 12.7 Å². The summed E-state index contributed by atoms with van der Waals surface area (Å²) >= 11 is 0. The molecule has 0 aromatic heterocycles. The average molecular weight is 287 g/mol. The van der Waals surface area contributed by atoms with Crippen molar-refractivity contribution in [1.82, 2.24) is 0 Å². The minimum absolute atomic E-state index is 0.254. The van der Waals surface area contributed by atoms with Crippen molar-refractivity contribution in [3.05, 3.63) is 66.6 Å². The van der Waals surface area contributed by atoms with Crippen LogP contribution in [0, 0.1) is 6.92 Å². The van der Waals surface area contributed by atoms with Crippen molar-refractivity contribution in [2.75, 3.05) is 4.31 Å². The molecule has 0 aliphatic carbocycles. The van der Waals surface area contributed by atoms with E-state index in [0.29, 0.717) is 11.4 Å². The third kappa shape index (κ3) is 2.06. The Kier molecular flexibility index (Phi) is 2.99. The van der Waals surface area contributed by atoms with Gasteiger partial charge in [-0.3, -0.25) is 0 Å². The van der Waals surface area contributed by atoms with Crippen molar-refractivity contribution >= 4 is 15.7 Å². The molecule has 20 heavy (non-hydrogen) atoms. The summed E-state index contributed by atoms with van der Waals surface area (Å²) in [6.45, 7) is 1.92. The lowest BCUT2D eigenvalue weighted by Gasteiger charge is -2.25. The Morgan fingerprint density at radius 3 is 2.45 bits per heavy atom. The summed E-state index contributed by atoms with van der Waals surface area (Å²) in [6, 6.07) is 13.8. The van der Waals surface area contributed by atoms with Crippen LogP contribution in [0.1, 0.15) is 5.56 Å². The van der Waals surface area contributed by atoms with E-state index in [1.165, 1.54) is 16.8 Å². The van der Waals surface area contributed by atoms with Crippen molar-refractivity contribution in [2.45, 2.75) is 11.8 Å². The van der Waals surface area contributed by atoms with E-state index in [0.717, 1.165) is 5.56 Å². The number of nitrogens with zero attached hydrogens (tertiary/aromatic N) is 1. The first kappa shape index (κ1) is 12.7. The maximum atomic E-state index is 12.7. The summed E-state index contributed by atoms with van der Waals surface area (Å²) in [6.07, 6.45) is 2.78. The molecule has 2 aromatic rings. The first-order valence-electron chi connectivity index (χ1n) is 6.12. The summed E-state index contributed by atoms with van der Waals surface area (Å²) < 4.78 is 31.9. The Bertz CT molecular complexity index is 764.